The van der Waals surface area contributed by atoms with E-state index in [1.165, 1.54) is 16.7 Å². The molecule has 2 N–H and O–H groups in total. The molecule has 1 saturated heterocycles. The maximum absolute atomic E-state index is 13.9. The van der Waals surface area contributed by atoms with Crippen molar-refractivity contribution in [3.63, 3.8) is 0 Å². The summed E-state index contributed by atoms with van der Waals surface area (Å²) in [7, 11) is 0. The van der Waals surface area contributed by atoms with Crippen molar-refractivity contribution in [1.82, 2.24) is 4.98 Å². The van der Waals surface area contributed by atoms with Gasteiger partial charge >= 0.3 is 4.87 Å². The fourth-order valence-electron chi connectivity index (χ4n) is 5.04. The second-order valence-corrected chi connectivity index (χ2v) is 12.6. The Morgan fingerprint density at radius 3 is 2.54 bits per heavy atom. The van der Waals surface area contributed by atoms with Gasteiger partial charge in [-0.2, -0.15) is 0 Å². The lowest BCUT2D eigenvalue weighted by Crippen LogP contribution is -2.32. The predicted molar refractivity (Wildman–Crippen MR) is 161 cm³/mol. The molecule has 8 nitrogen and oxygen atoms in total. The van der Waals surface area contributed by atoms with E-state index in [9.17, 15) is 19.2 Å². The van der Waals surface area contributed by atoms with Gasteiger partial charge in [0.25, 0.3) is 5.91 Å². The van der Waals surface area contributed by atoms with Crippen LogP contribution in [0, 0.1) is 12.8 Å². The first-order valence-electron chi connectivity index (χ1n) is 12.5. The van der Waals surface area contributed by atoms with Crippen LogP contribution < -0.4 is 19.8 Å². The summed E-state index contributed by atoms with van der Waals surface area (Å²) >= 11 is 14.2. The monoisotopic (exact) mass is 625 g/mol. The van der Waals surface area contributed by atoms with E-state index in [4.69, 9.17) is 27.9 Å². The Bertz CT molecular complexity index is 1750. The molecule has 1 fully saturated rings. The number of rotatable bonds is 6. The number of benzene rings is 3. The molecule has 6 rings (SSSR count). The number of nitrogens with zero attached hydrogens (tertiary/aromatic N) is 1. The van der Waals surface area contributed by atoms with E-state index in [1.54, 1.807) is 48.5 Å². The number of carbonyl (C=O) groups is 3. The molecule has 0 radical (unpaired) electrons. The SMILES string of the molecule is Cc1ccc(N2C(=O)C3Sc4[nH]c(=O)sc4C(c4cccc(OCC(=O)Nc5ccc(Cl)c(Cl)c5)c4)C3C2=O)cc1. The number of halogens is 2. The predicted octanol–water partition coefficient (Wildman–Crippen LogP) is 5.86. The highest BCUT2D eigenvalue weighted by Crippen LogP contribution is 2.53. The highest BCUT2D eigenvalue weighted by Gasteiger charge is 2.56. The number of thioether (sulfide) groups is 1. The molecular weight excluding hydrogens is 605 g/mol. The summed E-state index contributed by atoms with van der Waals surface area (Å²) in [5.74, 6) is -1.91. The van der Waals surface area contributed by atoms with Gasteiger partial charge in [-0.15, -0.1) is 0 Å². The van der Waals surface area contributed by atoms with Crippen LogP contribution in [0.1, 0.15) is 21.9 Å². The molecule has 2 aliphatic heterocycles. The van der Waals surface area contributed by atoms with Gasteiger partial charge in [0.15, 0.2) is 6.61 Å². The number of H-pyrrole nitrogens is 1. The van der Waals surface area contributed by atoms with E-state index in [2.05, 4.69) is 10.3 Å². The molecule has 0 spiro atoms. The average Bonchev–Trinajstić information content (AvgIpc) is 3.44. The Morgan fingerprint density at radius 1 is 1.00 bits per heavy atom. The van der Waals surface area contributed by atoms with Gasteiger partial charge in [0.2, 0.25) is 11.8 Å². The Labute approximate surface area is 252 Å². The number of thiazole rings is 1. The van der Waals surface area contributed by atoms with Crippen LogP contribution in [-0.4, -0.2) is 34.6 Å². The quantitative estimate of drug-likeness (QED) is 0.260. The molecule has 0 bridgehead atoms. The molecule has 3 heterocycles. The van der Waals surface area contributed by atoms with Crippen LogP contribution in [0.4, 0.5) is 11.4 Å². The summed E-state index contributed by atoms with van der Waals surface area (Å²) in [6.07, 6.45) is 0. The third-order valence-corrected chi connectivity index (χ3v) is 10.0. The van der Waals surface area contributed by atoms with Crippen LogP contribution in [0.3, 0.4) is 0 Å². The summed E-state index contributed by atoms with van der Waals surface area (Å²) < 4.78 is 5.77. The van der Waals surface area contributed by atoms with Gasteiger partial charge in [-0.25, -0.2) is 4.90 Å². The molecule has 12 heteroatoms. The zero-order valence-corrected chi connectivity index (χ0v) is 24.5. The Hall–Kier alpha value is -3.57. The number of imide groups is 1. The first kappa shape index (κ1) is 27.6. The molecule has 0 aliphatic carbocycles. The van der Waals surface area contributed by atoms with Crippen molar-refractivity contribution in [1.29, 1.82) is 0 Å². The number of aromatic nitrogens is 1. The van der Waals surface area contributed by atoms with Crippen LogP contribution in [0.15, 0.2) is 76.6 Å². The summed E-state index contributed by atoms with van der Waals surface area (Å²) in [6, 6.07) is 19.0. The standard InChI is InChI=1S/C29H21Cl2N3O5S2/c1-14-5-8-17(9-6-14)34-27(36)23-22(24-26(33-29(38)41-24)40-25(23)28(34)37)15-3-2-4-18(11-15)39-13-21(35)32-16-7-10-19(30)20(31)12-16/h2-12,22-23,25H,13H2,1H3,(H,32,35)(H,33,38). The van der Waals surface area contributed by atoms with E-state index in [-0.39, 0.29) is 23.3 Å². The van der Waals surface area contributed by atoms with E-state index in [0.29, 0.717) is 42.6 Å². The van der Waals surface area contributed by atoms with Gasteiger partial charge < -0.3 is 15.0 Å². The molecule has 3 aromatic carbocycles. The number of carbonyl (C=O) groups excluding carboxylic acids is 3. The number of aryl methyl sites for hydroxylation is 1. The molecule has 3 amide bonds. The van der Waals surface area contributed by atoms with Crippen molar-refractivity contribution in [2.75, 3.05) is 16.8 Å². The summed E-state index contributed by atoms with van der Waals surface area (Å²) in [5, 5.41) is 3.28. The third-order valence-electron chi connectivity index (χ3n) is 6.91. The smallest absolute Gasteiger partial charge is 0.305 e. The number of amides is 3. The minimum atomic E-state index is -0.721. The van der Waals surface area contributed by atoms with Crippen LogP contribution in [0.5, 0.6) is 5.75 Å². The van der Waals surface area contributed by atoms with Gasteiger partial charge in [0, 0.05) is 16.5 Å². The van der Waals surface area contributed by atoms with E-state index < -0.39 is 23.0 Å². The van der Waals surface area contributed by atoms with E-state index >= 15 is 0 Å². The number of aromatic amines is 1. The zero-order chi connectivity index (χ0) is 28.8. The lowest BCUT2D eigenvalue weighted by molar-refractivity contribution is -0.122. The highest BCUT2D eigenvalue weighted by atomic mass is 35.5. The van der Waals surface area contributed by atoms with Crippen LogP contribution >= 0.6 is 46.3 Å². The van der Waals surface area contributed by atoms with Gasteiger partial charge in [-0.3, -0.25) is 19.2 Å². The number of fused-ring (bicyclic) bond motifs is 2. The molecule has 3 unspecified atom stereocenters. The minimum Gasteiger partial charge on any atom is -0.484 e. The van der Waals surface area contributed by atoms with Crippen molar-refractivity contribution in [2.24, 2.45) is 5.92 Å². The molecule has 3 atom stereocenters. The Kier molecular flexibility index (Phi) is 7.41. The Balaban J connectivity index is 1.27. The lowest BCUT2D eigenvalue weighted by atomic mass is 9.83. The largest absolute Gasteiger partial charge is 0.484 e. The van der Waals surface area contributed by atoms with Gasteiger partial charge in [-0.05, 0) is 55.0 Å². The summed E-state index contributed by atoms with van der Waals surface area (Å²) in [5.41, 5.74) is 2.71. The van der Waals surface area contributed by atoms with Crippen LogP contribution in [-0.2, 0) is 14.4 Å². The van der Waals surface area contributed by atoms with Crippen LogP contribution in [0.25, 0.3) is 0 Å². The number of nitrogens with one attached hydrogen (secondary N) is 2. The normalized spacial score (nSPS) is 19.6. The Morgan fingerprint density at radius 2 is 1.78 bits per heavy atom. The molecule has 4 aromatic rings. The fourth-order valence-corrected chi connectivity index (χ4v) is 7.86. The average molecular weight is 627 g/mol. The summed E-state index contributed by atoms with van der Waals surface area (Å²) in [6.45, 7) is 1.65. The third kappa shape index (κ3) is 5.28. The highest BCUT2D eigenvalue weighted by molar-refractivity contribution is 8.00. The number of anilines is 2. The molecular formula is C29H21Cl2N3O5S2. The van der Waals surface area contributed by atoms with Crippen molar-refractivity contribution in [3.8, 4) is 5.75 Å². The van der Waals surface area contributed by atoms with E-state index in [0.717, 1.165) is 16.9 Å². The summed E-state index contributed by atoms with van der Waals surface area (Å²) in [4.78, 5) is 56.8. The lowest BCUT2D eigenvalue weighted by Gasteiger charge is -2.30. The molecule has 2 aliphatic rings. The number of hydrogen-bond acceptors (Lipinski definition) is 7. The van der Waals surface area contributed by atoms with Crippen molar-refractivity contribution >= 4 is 75.4 Å². The zero-order valence-electron chi connectivity index (χ0n) is 21.4. The first-order valence-corrected chi connectivity index (χ1v) is 15.0. The van der Waals surface area contributed by atoms with Gasteiger partial charge in [-0.1, -0.05) is 76.1 Å². The molecule has 0 saturated carbocycles. The molecule has 41 heavy (non-hydrogen) atoms. The van der Waals surface area contributed by atoms with E-state index in [1.807, 2.05) is 25.1 Å². The number of ether oxygens (including phenoxy) is 1. The maximum Gasteiger partial charge on any atom is 0.305 e. The van der Waals surface area contributed by atoms with Crippen molar-refractivity contribution in [2.45, 2.75) is 23.1 Å². The topological polar surface area (TPSA) is 109 Å². The van der Waals surface area contributed by atoms with Gasteiger partial charge in [0.05, 0.1) is 26.7 Å². The molecule has 208 valence electrons. The minimum absolute atomic E-state index is 0.255. The first-order chi connectivity index (χ1) is 19.7. The maximum atomic E-state index is 13.9. The van der Waals surface area contributed by atoms with Crippen molar-refractivity contribution in [3.05, 3.63) is 102 Å². The van der Waals surface area contributed by atoms with Gasteiger partial charge in [0.1, 0.15) is 11.0 Å². The van der Waals surface area contributed by atoms with Crippen molar-refractivity contribution < 1.29 is 19.1 Å². The second-order valence-electron chi connectivity index (χ2n) is 9.64. The molecule has 1 aromatic heterocycles. The number of hydrogen-bond donors (Lipinski definition) is 2. The van der Waals surface area contributed by atoms with Crippen LogP contribution in [0.2, 0.25) is 10.0 Å². The fraction of sp³-hybridized carbons (Fsp3) is 0.172. The second kappa shape index (κ2) is 11.0.